The zero-order valence-corrected chi connectivity index (χ0v) is 8.45. The van der Waals surface area contributed by atoms with Crippen molar-refractivity contribution in [3.05, 3.63) is 0 Å². The molecule has 0 amide bonds. The summed E-state index contributed by atoms with van der Waals surface area (Å²) in [5.74, 6) is -0.495. The Balaban J connectivity index is 2.18. The van der Waals surface area contributed by atoms with Gasteiger partial charge in [-0.15, -0.1) is 0 Å². The standard InChI is InChI=1S/C9H18O4/c1-7(10)4-11-8-5-12-9(2,3)13-6-8/h7-8,10H,4-6H2,1-3H3. The minimum atomic E-state index is -0.495. The summed E-state index contributed by atoms with van der Waals surface area (Å²) in [6, 6.07) is 0. The van der Waals surface area contributed by atoms with Crippen LogP contribution in [0.1, 0.15) is 20.8 Å². The van der Waals surface area contributed by atoms with Gasteiger partial charge in [0.2, 0.25) is 0 Å². The average Bonchev–Trinajstić information content (AvgIpc) is 2.02. The van der Waals surface area contributed by atoms with Crippen LogP contribution in [0.2, 0.25) is 0 Å². The maximum absolute atomic E-state index is 8.98. The van der Waals surface area contributed by atoms with Crippen LogP contribution in [-0.4, -0.2) is 42.9 Å². The molecule has 4 nitrogen and oxygen atoms in total. The lowest BCUT2D eigenvalue weighted by molar-refractivity contribution is -0.280. The van der Waals surface area contributed by atoms with Crippen LogP contribution in [0.25, 0.3) is 0 Å². The molecule has 1 N–H and O–H groups in total. The molecule has 78 valence electrons. The molecule has 0 radical (unpaired) electrons. The Morgan fingerprint density at radius 1 is 1.46 bits per heavy atom. The smallest absolute Gasteiger partial charge is 0.163 e. The average molecular weight is 190 g/mol. The minimum Gasteiger partial charge on any atom is -0.391 e. The van der Waals surface area contributed by atoms with E-state index in [4.69, 9.17) is 19.3 Å². The van der Waals surface area contributed by atoms with Crippen molar-refractivity contribution in [3.8, 4) is 0 Å². The molecular formula is C9H18O4. The molecule has 13 heavy (non-hydrogen) atoms. The summed E-state index contributed by atoms with van der Waals surface area (Å²) < 4.78 is 16.1. The Labute approximate surface area is 78.8 Å². The molecule has 1 rings (SSSR count). The quantitative estimate of drug-likeness (QED) is 0.705. The van der Waals surface area contributed by atoms with Gasteiger partial charge in [0.05, 0.1) is 25.9 Å². The highest BCUT2D eigenvalue weighted by Gasteiger charge is 2.28. The molecule has 1 aliphatic rings. The zero-order chi connectivity index (χ0) is 9.90. The predicted molar refractivity (Wildman–Crippen MR) is 47.4 cm³/mol. The fraction of sp³-hybridized carbons (Fsp3) is 1.00. The molecule has 0 saturated carbocycles. The summed E-state index contributed by atoms with van der Waals surface area (Å²) in [5.41, 5.74) is 0. The third-order valence-electron chi connectivity index (χ3n) is 1.81. The highest BCUT2D eigenvalue weighted by Crippen LogP contribution is 2.18. The molecule has 1 heterocycles. The van der Waals surface area contributed by atoms with E-state index in [1.165, 1.54) is 0 Å². The van der Waals surface area contributed by atoms with Gasteiger partial charge in [0.15, 0.2) is 5.79 Å². The Hall–Kier alpha value is -0.160. The van der Waals surface area contributed by atoms with Gasteiger partial charge in [-0.25, -0.2) is 0 Å². The van der Waals surface area contributed by atoms with Crippen molar-refractivity contribution in [2.75, 3.05) is 19.8 Å². The molecule has 1 saturated heterocycles. The van der Waals surface area contributed by atoms with E-state index in [-0.39, 0.29) is 6.10 Å². The van der Waals surface area contributed by atoms with Gasteiger partial charge in [0.25, 0.3) is 0 Å². The SMILES string of the molecule is CC(O)COC1COC(C)(C)OC1. The summed E-state index contributed by atoms with van der Waals surface area (Å²) in [5, 5.41) is 8.98. The van der Waals surface area contributed by atoms with Gasteiger partial charge in [-0.05, 0) is 20.8 Å². The number of aliphatic hydroxyl groups excluding tert-OH is 1. The van der Waals surface area contributed by atoms with Crippen LogP contribution in [-0.2, 0) is 14.2 Å². The predicted octanol–water partition coefficient (Wildman–Crippen LogP) is 0.535. The molecule has 1 unspecified atom stereocenters. The summed E-state index contributed by atoms with van der Waals surface area (Å²) in [6.07, 6.45) is -0.488. The van der Waals surface area contributed by atoms with Crippen molar-refractivity contribution in [1.29, 1.82) is 0 Å². The second-order valence-electron chi connectivity index (χ2n) is 3.83. The lowest BCUT2D eigenvalue weighted by atomic mass is 10.3. The van der Waals surface area contributed by atoms with E-state index >= 15 is 0 Å². The molecule has 0 aromatic rings. The molecule has 0 spiro atoms. The fourth-order valence-electron chi connectivity index (χ4n) is 1.05. The molecule has 0 aromatic carbocycles. The Morgan fingerprint density at radius 2 is 2.00 bits per heavy atom. The fourth-order valence-corrected chi connectivity index (χ4v) is 1.05. The van der Waals surface area contributed by atoms with Crippen molar-refractivity contribution < 1.29 is 19.3 Å². The Morgan fingerprint density at radius 3 is 2.46 bits per heavy atom. The normalized spacial score (nSPS) is 25.8. The molecule has 1 atom stereocenters. The number of aliphatic hydroxyl groups is 1. The van der Waals surface area contributed by atoms with Crippen molar-refractivity contribution in [2.45, 2.75) is 38.8 Å². The molecule has 1 aliphatic heterocycles. The van der Waals surface area contributed by atoms with Crippen LogP contribution in [0.5, 0.6) is 0 Å². The maximum Gasteiger partial charge on any atom is 0.163 e. The first kappa shape index (κ1) is 10.9. The first-order chi connectivity index (χ1) is 5.99. The van der Waals surface area contributed by atoms with Crippen molar-refractivity contribution in [1.82, 2.24) is 0 Å². The van der Waals surface area contributed by atoms with Crippen LogP contribution in [0.3, 0.4) is 0 Å². The van der Waals surface area contributed by atoms with E-state index in [1.807, 2.05) is 13.8 Å². The minimum absolute atomic E-state index is 0.0531. The van der Waals surface area contributed by atoms with Gasteiger partial charge in [0.1, 0.15) is 6.10 Å². The van der Waals surface area contributed by atoms with Crippen molar-refractivity contribution in [3.63, 3.8) is 0 Å². The zero-order valence-electron chi connectivity index (χ0n) is 8.45. The number of hydrogen-bond donors (Lipinski definition) is 1. The van der Waals surface area contributed by atoms with Crippen LogP contribution in [0.4, 0.5) is 0 Å². The van der Waals surface area contributed by atoms with E-state index in [2.05, 4.69) is 0 Å². The Bertz CT molecular complexity index is 143. The van der Waals surface area contributed by atoms with E-state index in [1.54, 1.807) is 6.92 Å². The lowest BCUT2D eigenvalue weighted by Crippen LogP contribution is -2.43. The lowest BCUT2D eigenvalue weighted by Gasteiger charge is -2.34. The van der Waals surface area contributed by atoms with Gasteiger partial charge >= 0.3 is 0 Å². The van der Waals surface area contributed by atoms with E-state index in [0.717, 1.165) is 0 Å². The highest BCUT2D eigenvalue weighted by atomic mass is 16.7. The topological polar surface area (TPSA) is 47.9 Å². The first-order valence-electron chi connectivity index (χ1n) is 4.57. The van der Waals surface area contributed by atoms with E-state index < -0.39 is 11.9 Å². The van der Waals surface area contributed by atoms with Gasteiger partial charge in [-0.2, -0.15) is 0 Å². The van der Waals surface area contributed by atoms with Gasteiger partial charge in [-0.3, -0.25) is 0 Å². The van der Waals surface area contributed by atoms with Crippen molar-refractivity contribution >= 4 is 0 Å². The molecule has 0 aliphatic carbocycles. The van der Waals surface area contributed by atoms with E-state index in [9.17, 15) is 0 Å². The molecule has 1 fully saturated rings. The number of hydrogen-bond acceptors (Lipinski definition) is 4. The number of rotatable bonds is 3. The van der Waals surface area contributed by atoms with Crippen LogP contribution < -0.4 is 0 Å². The summed E-state index contributed by atoms with van der Waals surface area (Å²) >= 11 is 0. The second kappa shape index (κ2) is 4.37. The van der Waals surface area contributed by atoms with Gasteiger partial charge in [-0.1, -0.05) is 0 Å². The number of ether oxygens (including phenoxy) is 3. The molecule has 4 heteroatoms. The third kappa shape index (κ3) is 4.04. The molecule has 0 bridgehead atoms. The molecule has 0 aromatic heterocycles. The van der Waals surface area contributed by atoms with Crippen LogP contribution in [0, 0.1) is 0 Å². The highest BCUT2D eigenvalue weighted by molar-refractivity contribution is 4.67. The maximum atomic E-state index is 8.98. The first-order valence-corrected chi connectivity index (χ1v) is 4.57. The summed E-state index contributed by atoms with van der Waals surface area (Å²) in [6.45, 7) is 6.82. The van der Waals surface area contributed by atoms with Gasteiger partial charge in [0, 0.05) is 0 Å². The second-order valence-corrected chi connectivity index (χ2v) is 3.83. The third-order valence-corrected chi connectivity index (χ3v) is 1.81. The van der Waals surface area contributed by atoms with Crippen LogP contribution in [0.15, 0.2) is 0 Å². The van der Waals surface area contributed by atoms with Crippen molar-refractivity contribution in [2.24, 2.45) is 0 Å². The summed E-state index contributed by atoms with van der Waals surface area (Å²) in [4.78, 5) is 0. The monoisotopic (exact) mass is 190 g/mol. The summed E-state index contributed by atoms with van der Waals surface area (Å²) in [7, 11) is 0. The largest absolute Gasteiger partial charge is 0.391 e. The van der Waals surface area contributed by atoms with E-state index in [0.29, 0.717) is 19.8 Å². The van der Waals surface area contributed by atoms with Gasteiger partial charge < -0.3 is 19.3 Å². The Kier molecular flexibility index (Phi) is 3.67. The van der Waals surface area contributed by atoms with Crippen LogP contribution >= 0.6 is 0 Å². The molecular weight excluding hydrogens is 172 g/mol.